The molecule has 0 saturated heterocycles. The number of benzene rings is 1. The van der Waals surface area contributed by atoms with Gasteiger partial charge in [-0.2, -0.15) is 0 Å². The lowest BCUT2D eigenvalue weighted by Gasteiger charge is -2.33. The molecule has 112 valence electrons. The van der Waals surface area contributed by atoms with Crippen LogP contribution in [-0.4, -0.2) is 35.5 Å². The highest BCUT2D eigenvalue weighted by Crippen LogP contribution is 2.35. The lowest BCUT2D eigenvalue weighted by molar-refractivity contribution is -0.147. The predicted octanol–water partition coefficient (Wildman–Crippen LogP) is 2.10. The molecule has 1 N–H and O–H groups in total. The lowest BCUT2D eigenvalue weighted by atomic mass is 10.0. The maximum Gasteiger partial charge on any atom is 0.307 e. The lowest BCUT2D eigenvalue weighted by Crippen LogP contribution is -2.45. The zero-order valence-electron chi connectivity index (χ0n) is 11.2. The monoisotopic (exact) mass is 329 g/mol. The summed E-state index contributed by atoms with van der Waals surface area (Å²) in [6.07, 6.45) is 2.58. The van der Waals surface area contributed by atoms with E-state index < -0.39 is 17.6 Å². The molecular formula is C14H13Cl2NO4. The smallest absolute Gasteiger partial charge is 0.307 e. The molecule has 0 aliphatic carbocycles. The third kappa shape index (κ3) is 3.05. The number of esters is 1. The zero-order chi connectivity index (χ0) is 15.6. The van der Waals surface area contributed by atoms with Crippen LogP contribution in [0.5, 0.6) is 0 Å². The van der Waals surface area contributed by atoms with Gasteiger partial charge in [0.1, 0.15) is 0 Å². The fraction of sp³-hybridized carbons (Fsp3) is 0.286. The average molecular weight is 330 g/mol. The number of methoxy groups -OCH3 is 1. The second-order valence-corrected chi connectivity index (χ2v) is 5.32. The van der Waals surface area contributed by atoms with Gasteiger partial charge in [0.15, 0.2) is 5.72 Å². The van der Waals surface area contributed by atoms with Gasteiger partial charge in [0.25, 0.3) is 0 Å². The molecule has 1 unspecified atom stereocenters. The molecule has 1 aromatic rings. The van der Waals surface area contributed by atoms with Gasteiger partial charge >= 0.3 is 5.97 Å². The van der Waals surface area contributed by atoms with Crippen LogP contribution in [-0.2, 0) is 20.1 Å². The van der Waals surface area contributed by atoms with Crippen molar-refractivity contribution in [3.8, 4) is 0 Å². The zero-order valence-corrected chi connectivity index (χ0v) is 12.7. The van der Waals surface area contributed by atoms with Gasteiger partial charge in [0.2, 0.25) is 5.91 Å². The standard InChI is InChI=1S/C14H13Cl2NO4/c1-21-13(19)5-7-17-12(18)4-6-14(17,20)9-2-3-10(15)11(16)8-9/h2-4,6,8,20H,5,7H2,1H3. The Morgan fingerprint density at radius 3 is 2.71 bits per heavy atom. The molecule has 0 radical (unpaired) electrons. The Labute approximate surface area is 131 Å². The van der Waals surface area contributed by atoms with Gasteiger partial charge in [-0.15, -0.1) is 0 Å². The summed E-state index contributed by atoms with van der Waals surface area (Å²) in [4.78, 5) is 24.3. The van der Waals surface area contributed by atoms with E-state index in [2.05, 4.69) is 4.74 Å². The van der Waals surface area contributed by atoms with Crippen molar-refractivity contribution >= 4 is 35.1 Å². The van der Waals surface area contributed by atoms with Crippen LogP contribution in [0.1, 0.15) is 12.0 Å². The molecule has 7 heteroatoms. The van der Waals surface area contributed by atoms with Crippen molar-refractivity contribution in [2.24, 2.45) is 0 Å². The van der Waals surface area contributed by atoms with Crippen molar-refractivity contribution in [2.45, 2.75) is 12.1 Å². The fourth-order valence-electron chi connectivity index (χ4n) is 2.10. The molecule has 5 nitrogen and oxygen atoms in total. The van der Waals surface area contributed by atoms with Crippen molar-refractivity contribution in [3.05, 3.63) is 46.0 Å². The summed E-state index contributed by atoms with van der Waals surface area (Å²) in [7, 11) is 1.26. The van der Waals surface area contributed by atoms with Gasteiger partial charge in [-0.05, 0) is 18.2 Å². The van der Waals surface area contributed by atoms with E-state index >= 15 is 0 Å². The number of nitrogens with zero attached hydrogens (tertiary/aromatic N) is 1. The highest BCUT2D eigenvalue weighted by molar-refractivity contribution is 6.42. The second kappa shape index (κ2) is 6.05. The Hall–Kier alpha value is -1.56. The van der Waals surface area contributed by atoms with E-state index in [0.717, 1.165) is 0 Å². The van der Waals surface area contributed by atoms with Gasteiger partial charge in [0.05, 0.1) is 23.6 Å². The predicted molar refractivity (Wildman–Crippen MR) is 77.8 cm³/mol. The van der Waals surface area contributed by atoms with Gasteiger partial charge in [-0.25, -0.2) is 0 Å². The first kappa shape index (κ1) is 15.8. The van der Waals surface area contributed by atoms with Crippen molar-refractivity contribution in [3.63, 3.8) is 0 Å². The van der Waals surface area contributed by atoms with Crippen molar-refractivity contribution < 1.29 is 19.4 Å². The fourth-order valence-corrected chi connectivity index (χ4v) is 2.40. The molecule has 0 fully saturated rings. The van der Waals surface area contributed by atoms with Crippen LogP contribution in [0, 0.1) is 0 Å². The number of halogens is 2. The summed E-state index contributed by atoms with van der Waals surface area (Å²) in [5.74, 6) is -0.862. The van der Waals surface area contributed by atoms with Crippen LogP contribution < -0.4 is 0 Å². The Morgan fingerprint density at radius 1 is 1.38 bits per heavy atom. The Balaban J connectivity index is 2.29. The largest absolute Gasteiger partial charge is 0.469 e. The van der Waals surface area contributed by atoms with Crippen molar-refractivity contribution in [1.29, 1.82) is 0 Å². The molecule has 1 heterocycles. The average Bonchev–Trinajstić information content (AvgIpc) is 2.76. The maximum absolute atomic E-state index is 11.9. The number of amides is 1. The SMILES string of the molecule is COC(=O)CCN1C(=O)C=CC1(O)c1ccc(Cl)c(Cl)c1. The number of hydrogen-bond acceptors (Lipinski definition) is 4. The van der Waals surface area contributed by atoms with E-state index in [1.165, 1.54) is 36.3 Å². The highest BCUT2D eigenvalue weighted by Gasteiger charge is 2.41. The summed E-state index contributed by atoms with van der Waals surface area (Å²) >= 11 is 11.8. The van der Waals surface area contributed by atoms with E-state index in [4.69, 9.17) is 23.2 Å². The molecule has 21 heavy (non-hydrogen) atoms. The van der Waals surface area contributed by atoms with Gasteiger partial charge in [0, 0.05) is 18.2 Å². The molecule has 1 aliphatic rings. The molecule has 1 aliphatic heterocycles. The van der Waals surface area contributed by atoms with Gasteiger partial charge < -0.3 is 14.7 Å². The topological polar surface area (TPSA) is 66.8 Å². The molecule has 0 spiro atoms. The van der Waals surface area contributed by atoms with Crippen LogP contribution in [0.25, 0.3) is 0 Å². The van der Waals surface area contributed by atoms with Gasteiger partial charge in [-0.3, -0.25) is 9.59 Å². The van der Waals surface area contributed by atoms with Crippen LogP contribution in [0.4, 0.5) is 0 Å². The molecule has 1 amide bonds. The molecule has 0 aromatic heterocycles. The van der Waals surface area contributed by atoms with E-state index in [0.29, 0.717) is 10.6 Å². The molecule has 1 aromatic carbocycles. The third-order valence-electron chi connectivity index (χ3n) is 3.25. The summed E-state index contributed by atoms with van der Waals surface area (Å²) in [6, 6.07) is 4.59. The Bertz CT molecular complexity index is 617. The normalized spacial score (nSPS) is 21.0. The Morgan fingerprint density at radius 2 is 2.10 bits per heavy atom. The molecule has 1 atom stereocenters. The molecular weight excluding hydrogens is 317 g/mol. The van der Waals surface area contributed by atoms with E-state index in [-0.39, 0.29) is 18.0 Å². The minimum absolute atomic E-state index is 0.0203. The molecule has 0 bridgehead atoms. The quantitative estimate of drug-likeness (QED) is 0.859. The van der Waals surface area contributed by atoms with E-state index in [1.54, 1.807) is 6.07 Å². The summed E-state index contributed by atoms with van der Waals surface area (Å²) in [6.45, 7) is 0.0231. The minimum Gasteiger partial charge on any atom is -0.469 e. The van der Waals surface area contributed by atoms with E-state index in [1.807, 2.05) is 0 Å². The van der Waals surface area contributed by atoms with Gasteiger partial charge in [-0.1, -0.05) is 29.3 Å². The van der Waals surface area contributed by atoms with Crippen LogP contribution in [0.3, 0.4) is 0 Å². The summed E-state index contributed by atoms with van der Waals surface area (Å²) in [5.41, 5.74) is -1.26. The highest BCUT2D eigenvalue weighted by atomic mass is 35.5. The summed E-state index contributed by atoms with van der Waals surface area (Å²) in [5, 5.41) is 11.4. The number of carbonyl (C=O) groups excluding carboxylic acids is 2. The number of carbonyl (C=O) groups is 2. The van der Waals surface area contributed by atoms with Crippen LogP contribution in [0.15, 0.2) is 30.4 Å². The summed E-state index contributed by atoms with van der Waals surface area (Å²) < 4.78 is 4.54. The Kier molecular flexibility index (Phi) is 4.56. The first-order chi connectivity index (χ1) is 9.88. The number of hydrogen-bond donors (Lipinski definition) is 1. The third-order valence-corrected chi connectivity index (χ3v) is 3.99. The number of rotatable bonds is 4. The van der Waals surface area contributed by atoms with Crippen molar-refractivity contribution in [2.75, 3.05) is 13.7 Å². The maximum atomic E-state index is 11.9. The van der Waals surface area contributed by atoms with E-state index in [9.17, 15) is 14.7 Å². The minimum atomic E-state index is -1.65. The number of ether oxygens (including phenoxy) is 1. The van der Waals surface area contributed by atoms with Crippen LogP contribution >= 0.6 is 23.2 Å². The first-order valence-corrected chi connectivity index (χ1v) is 6.89. The van der Waals surface area contributed by atoms with Crippen molar-refractivity contribution in [1.82, 2.24) is 4.90 Å². The first-order valence-electron chi connectivity index (χ1n) is 6.14. The van der Waals surface area contributed by atoms with Crippen LogP contribution in [0.2, 0.25) is 10.0 Å². The number of aliphatic hydroxyl groups is 1. The second-order valence-electron chi connectivity index (χ2n) is 4.50. The molecule has 0 saturated carbocycles. The molecule has 2 rings (SSSR count).